The Morgan fingerprint density at radius 1 is 0.875 bits per heavy atom. The minimum Gasteiger partial charge on any atom is -0.481 e. The second kappa shape index (κ2) is 15.9. The lowest BCUT2D eigenvalue weighted by Gasteiger charge is -2.23. The fourth-order valence-corrected chi connectivity index (χ4v) is 3.48. The van der Waals surface area contributed by atoms with Gasteiger partial charge in [0.25, 0.3) is 0 Å². The van der Waals surface area contributed by atoms with Crippen LogP contribution in [0.2, 0.25) is 0 Å². The molecular formula is C21H42O3. The molecule has 3 unspecified atom stereocenters. The van der Waals surface area contributed by atoms with Gasteiger partial charge in [-0.3, -0.25) is 4.79 Å². The highest BCUT2D eigenvalue weighted by atomic mass is 16.5. The lowest BCUT2D eigenvalue weighted by atomic mass is 9.85. The van der Waals surface area contributed by atoms with Gasteiger partial charge < -0.3 is 9.84 Å². The van der Waals surface area contributed by atoms with Gasteiger partial charge in [0, 0.05) is 7.11 Å². The third-order valence-electron chi connectivity index (χ3n) is 5.27. The normalized spacial score (nSPS) is 15.2. The lowest BCUT2D eigenvalue weighted by Crippen LogP contribution is -2.24. The topological polar surface area (TPSA) is 46.5 Å². The zero-order valence-corrected chi connectivity index (χ0v) is 16.7. The summed E-state index contributed by atoms with van der Waals surface area (Å²) in [7, 11) is 1.73. The Morgan fingerprint density at radius 2 is 1.50 bits per heavy atom. The van der Waals surface area contributed by atoms with E-state index in [1.165, 1.54) is 44.9 Å². The van der Waals surface area contributed by atoms with Crippen molar-refractivity contribution in [2.24, 2.45) is 11.8 Å². The Balaban J connectivity index is 4.25. The Labute approximate surface area is 150 Å². The molecule has 0 aromatic heterocycles. The molecule has 0 amide bonds. The van der Waals surface area contributed by atoms with Crippen molar-refractivity contribution in [1.29, 1.82) is 0 Å². The zero-order valence-electron chi connectivity index (χ0n) is 16.7. The number of methoxy groups -OCH3 is 1. The highest BCUT2D eigenvalue weighted by molar-refractivity contribution is 5.70. The first-order valence-corrected chi connectivity index (χ1v) is 10.3. The number of rotatable bonds is 17. The first-order valence-electron chi connectivity index (χ1n) is 10.3. The van der Waals surface area contributed by atoms with Crippen LogP contribution in [0.3, 0.4) is 0 Å². The Bertz CT molecular complexity index is 291. The Morgan fingerprint density at radius 3 is 2.04 bits per heavy atom. The van der Waals surface area contributed by atoms with Crippen molar-refractivity contribution in [2.45, 2.75) is 110 Å². The quantitative estimate of drug-likeness (QED) is 0.309. The minimum absolute atomic E-state index is 0.0981. The summed E-state index contributed by atoms with van der Waals surface area (Å²) < 4.78 is 5.59. The van der Waals surface area contributed by atoms with Crippen LogP contribution >= 0.6 is 0 Å². The lowest BCUT2D eigenvalue weighted by molar-refractivity contribution is -0.143. The monoisotopic (exact) mass is 342 g/mol. The molecule has 0 aliphatic heterocycles. The summed E-state index contributed by atoms with van der Waals surface area (Å²) in [6.45, 7) is 6.61. The minimum atomic E-state index is -0.644. The molecule has 0 saturated carbocycles. The maximum atomic E-state index is 11.7. The molecule has 0 bridgehead atoms. The summed E-state index contributed by atoms with van der Waals surface area (Å²) in [6.07, 6.45) is 14.8. The molecule has 0 rings (SSSR count). The molecule has 0 fully saturated rings. The van der Waals surface area contributed by atoms with Crippen LogP contribution in [-0.4, -0.2) is 24.3 Å². The van der Waals surface area contributed by atoms with Crippen LogP contribution in [0, 0.1) is 11.8 Å². The van der Waals surface area contributed by atoms with E-state index < -0.39 is 5.97 Å². The van der Waals surface area contributed by atoms with Crippen molar-refractivity contribution in [3.63, 3.8) is 0 Å². The van der Waals surface area contributed by atoms with Crippen LogP contribution in [0.25, 0.3) is 0 Å². The average molecular weight is 343 g/mol. The predicted octanol–water partition coefficient (Wildman–Crippen LogP) is 6.45. The molecule has 144 valence electrons. The SMILES string of the molecule is CCCCCCCCC(CC(CC(CC)CCCC)C(=O)O)OC. The van der Waals surface area contributed by atoms with Gasteiger partial charge in [0.2, 0.25) is 0 Å². The van der Waals surface area contributed by atoms with E-state index in [9.17, 15) is 9.90 Å². The van der Waals surface area contributed by atoms with Crippen LogP contribution in [0.1, 0.15) is 104 Å². The van der Waals surface area contributed by atoms with Gasteiger partial charge in [-0.05, 0) is 25.2 Å². The molecule has 1 N–H and O–H groups in total. The summed E-state index contributed by atoms with van der Waals surface area (Å²) in [5, 5.41) is 9.60. The summed E-state index contributed by atoms with van der Waals surface area (Å²) in [4.78, 5) is 11.7. The van der Waals surface area contributed by atoms with Gasteiger partial charge in [0.15, 0.2) is 0 Å². The van der Waals surface area contributed by atoms with Crippen LogP contribution in [0.15, 0.2) is 0 Å². The molecule has 0 heterocycles. The van der Waals surface area contributed by atoms with Crippen molar-refractivity contribution < 1.29 is 14.6 Å². The van der Waals surface area contributed by atoms with Gasteiger partial charge in [-0.1, -0.05) is 85.0 Å². The van der Waals surface area contributed by atoms with Gasteiger partial charge in [-0.25, -0.2) is 0 Å². The number of aliphatic carboxylic acids is 1. The molecule has 0 aliphatic carbocycles. The Kier molecular flexibility index (Phi) is 15.6. The van der Waals surface area contributed by atoms with E-state index in [0.717, 1.165) is 32.1 Å². The highest BCUT2D eigenvalue weighted by Crippen LogP contribution is 2.26. The largest absolute Gasteiger partial charge is 0.481 e. The molecule has 0 saturated heterocycles. The van der Waals surface area contributed by atoms with Gasteiger partial charge in [-0.2, -0.15) is 0 Å². The molecule has 0 aromatic carbocycles. The van der Waals surface area contributed by atoms with Crippen molar-refractivity contribution >= 4 is 5.97 Å². The highest BCUT2D eigenvalue weighted by Gasteiger charge is 2.25. The van der Waals surface area contributed by atoms with E-state index in [0.29, 0.717) is 12.3 Å². The predicted molar refractivity (Wildman–Crippen MR) is 102 cm³/mol. The third kappa shape index (κ3) is 11.9. The van der Waals surface area contributed by atoms with Crippen LogP contribution in [-0.2, 0) is 9.53 Å². The fourth-order valence-electron chi connectivity index (χ4n) is 3.48. The van der Waals surface area contributed by atoms with Gasteiger partial charge in [-0.15, -0.1) is 0 Å². The molecule has 3 nitrogen and oxygen atoms in total. The van der Waals surface area contributed by atoms with Crippen LogP contribution in [0.5, 0.6) is 0 Å². The zero-order chi connectivity index (χ0) is 18.2. The van der Waals surface area contributed by atoms with E-state index in [-0.39, 0.29) is 12.0 Å². The molecule has 0 radical (unpaired) electrons. The summed E-state index contributed by atoms with van der Waals surface area (Å²) in [5.41, 5.74) is 0. The standard InChI is InChI=1S/C21H42O3/c1-5-8-10-11-12-13-15-20(24-4)17-19(21(22)23)16-18(7-3)14-9-6-2/h18-20H,5-17H2,1-4H3,(H,22,23). The number of ether oxygens (including phenoxy) is 1. The molecule has 3 heteroatoms. The van der Waals surface area contributed by atoms with Crippen LogP contribution < -0.4 is 0 Å². The second-order valence-corrected chi connectivity index (χ2v) is 7.34. The van der Waals surface area contributed by atoms with E-state index >= 15 is 0 Å². The van der Waals surface area contributed by atoms with Gasteiger partial charge >= 0.3 is 5.97 Å². The molecule has 3 atom stereocenters. The number of carbonyl (C=O) groups is 1. The third-order valence-corrected chi connectivity index (χ3v) is 5.27. The smallest absolute Gasteiger partial charge is 0.306 e. The van der Waals surface area contributed by atoms with E-state index in [1.54, 1.807) is 7.11 Å². The fraction of sp³-hybridized carbons (Fsp3) is 0.952. The van der Waals surface area contributed by atoms with Crippen molar-refractivity contribution in [3.05, 3.63) is 0 Å². The first-order chi connectivity index (χ1) is 11.6. The summed E-state index contributed by atoms with van der Waals surface area (Å²) in [6, 6.07) is 0. The maximum Gasteiger partial charge on any atom is 0.306 e. The van der Waals surface area contributed by atoms with Crippen molar-refractivity contribution in [3.8, 4) is 0 Å². The molecule has 24 heavy (non-hydrogen) atoms. The second-order valence-electron chi connectivity index (χ2n) is 7.34. The van der Waals surface area contributed by atoms with E-state index in [2.05, 4.69) is 20.8 Å². The first kappa shape index (κ1) is 23.4. The van der Waals surface area contributed by atoms with Gasteiger partial charge in [0.1, 0.15) is 0 Å². The molecular weight excluding hydrogens is 300 g/mol. The van der Waals surface area contributed by atoms with Crippen LogP contribution in [0.4, 0.5) is 0 Å². The van der Waals surface area contributed by atoms with Gasteiger partial charge in [0.05, 0.1) is 12.0 Å². The summed E-state index contributed by atoms with van der Waals surface area (Å²) in [5.74, 6) is -0.357. The van der Waals surface area contributed by atoms with Crippen molar-refractivity contribution in [1.82, 2.24) is 0 Å². The summed E-state index contributed by atoms with van der Waals surface area (Å²) >= 11 is 0. The number of carboxylic acids is 1. The number of hydrogen-bond acceptors (Lipinski definition) is 2. The number of unbranched alkanes of at least 4 members (excludes halogenated alkanes) is 6. The molecule has 0 aliphatic rings. The average Bonchev–Trinajstić information content (AvgIpc) is 2.58. The van der Waals surface area contributed by atoms with E-state index in [4.69, 9.17) is 4.74 Å². The Hall–Kier alpha value is -0.570. The number of carboxylic acid groups (broad SMARTS) is 1. The molecule has 0 spiro atoms. The van der Waals surface area contributed by atoms with E-state index in [1.807, 2.05) is 0 Å². The molecule has 0 aromatic rings. The number of hydrogen-bond donors (Lipinski definition) is 1. The van der Waals surface area contributed by atoms with Crippen molar-refractivity contribution in [2.75, 3.05) is 7.11 Å². The maximum absolute atomic E-state index is 11.7.